The highest BCUT2D eigenvalue weighted by Gasteiger charge is 2.29. The summed E-state index contributed by atoms with van der Waals surface area (Å²) >= 11 is 10.4. The summed E-state index contributed by atoms with van der Waals surface area (Å²) in [6.45, 7) is 0. The van der Waals surface area contributed by atoms with Crippen molar-refractivity contribution in [3.05, 3.63) is 26.4 Å². The van der Waals surface area contributed by atoms with Crippen molar-refractivity contribution in [2.24, 2.45) is 0 Å². The van der Waals surface area contributed by atoms with Gasteiger partial charge in [0.1, 0.15) is 5.03 Å². The maximum absolute atomic E-state index is 11.6. The summed E-state index contributed by atoms with van der Waals surface area (Å²) < 4.78 is 2.38. The molecule has 3 rings (SSSR count). The summed E-state index contributed by atoms with van der Waals surface area (Å²) in [5, 5.41) is 7.86. The van der Waals surface area contributed by atoms with Gasteiger partial charge in [-0.25, -0.2) is 19.9 Å². The van der Waals surface area contributed by atoms with E-state index in [4.69, 9.17) is 11.6 Å². The lowest BCUT2D eigenvalue weighted by Crippen LogP contribution is -2.16. The van der Waals surface area contributed by atoms with E-state index >= 15 is 0 Å². The molecule has 9 heteroatoms. The molecular weight excluding hydrogens is 342 g/mol. The fraction of sp³-hybridized carbons (Fsp3) is 0.333. The normalized spacial score (nSPS) is 15.0. The Morgan fingerprint density at radius 2 is 2.33 bits per heavy atom. The van der Waals surface area contributed by atoms with Gasteiger partial charge in [-0.2, -0.15) is 0 Å². The van der Waals surface area contributed by atoms with Crippen LogP contribution in [0.3, 0.4) is 0 Å². The molecule has 0 unspecified atom stereocenters. The van der Waals surface area contributed by atoms with Crippen molar-refractivity contribution >= 4 is 39.3 Å². The van der Waals surface area contributed by atoms with Crippen molar-refractivity contribution in [2.75, 3.05) is 0 Å². The van der Waals surface area contributed by atoms with Crippen LogP contribution in [0.1, 0.15) is 18.9 Å². The molecule has 0 radical (unpaired) electrons. The Morgan fingerprint density at radius 3 is 3.06 bits per heavy atom. The second-order valence-electron chi connectivity index (χ2n) is 3.81. The third kappa shape index (κ3) is 2.32. The van der Waals surface area contributed by atoms with Gasteiger partial charge in [-0.15, -0.1) is 5.10 Å². The van der Waals surface area contributed by atoms with Crippen molar-refractivity contribution in [2.45, 2.75) is 29.1 Å². The van der Waals surface area contributed by atoms with Crippen molar-refractivity contribution < 1.29 is 0 Å². The monoisotopic (exact) mass is 347 g/mol. The van der Waals surface area contributed by atoms with Crippen LogP contribution in [0.25, 0.3) is 0 Å². The lowest BCUT2D eigenvalue weighted by molar-refractivity contribution is 0.642. The number of aromatic amines is 1. The minimum atomic E-state index is -0.184. The number of H-pyrrole nitrogens is 1. The molecule has 2 heterocycles. The van der Waals surface area contributed by atoms with Crippen LogP contribution >= 0.6 is 39.3 Å². The summed E-state index contributed by atoms with van der Waals surface area (Å²) in [5.74, 6) is 0. The maximum atomic E-state index is 11.6. The van der Waals surface area contributed by atoms with Gasteiger partial charge in [-0.05, 0) is 52.1 Å². The summed E-state index contributed by atoms with van der Waals surface area (Å²) in [5.41, 5.74) is -0.184. The Balaban J connectivity index is 1.97. The molecule has 2 aromatic heterocycles. The van der Waals surface area contributed by atoms with Gasteiger partial charge < -0.3 is 0 Å². The van der Waals surface area contributed by atoms with Gasteiger partial charge in [-0.1, -0.05) is 0 Å². The molecule has 18 heavy (non-hydrogen) atoms. The Bertz CT molecular complexity index is 653. The van der Waals surface area contributed by atoms with Crippen LogP contribution in [0.2, 0.25) is 5.28 Å². The first kappa shape index (κ1) is 12.2. The zero-order valence-corrected chi connectivity index (χ0v) is 12.1. The highest BCUT2D eigenvalue weighted by Crippen LogP contribution is 2.38. The minimum Gasteiger partial charge on any atom is -0.267 e. The lowest BCUT2D eigenvalue weighted by atomic mass is 10.7. The quantitative estimate of drug-likeness (QED) is 0.680. The molecule has 6 nitrogen and oxygen atoms in total. The van der Waals surface area contributed by atoms with Crippen molar-refractivity contribution in [3.8, 4) is 0 Å². The molecule has 1 aliphatic carbocycles. The minimum absolute atomic E-state index is 0.163. The van der Waals surface area contributed by atoms with Crippen molar-refractivity contribution in [1.29, 1.82) is 0 Å². The van der Waals surface area contributed by atoms with Gasteiger partial charge in [0, 0.05) is 12.2 Å². The summed E-state index contributed by atoms with van der Waals surface area (Å²) in [4.78, 5) is 19.6. The van der Waals surface area contributed by atoms with E-state index in [0.717, 1.165) is 17.3 Å². The molecule has 1 saturated carbocycles. The predicted octanol–water partition coefficient (Wildman–Crippen LogP) is 2.26. The van der Waals surface area contributed by atoms with Crippen LogP contribution in [0.15, 0.2) is 25.6 Å². The molecule has 2 aromatic rings. The molecule has 1 aliphatic rings. The Morgan fingerprint density at radius 1 is 1.56 bits per heavy atom. The standard InChI is InChI=1S/C9H7BrClN5OS/c10-5-3-12-7(11)13-6(5)18-9-15-14-8(17)16(9)4-1-2-4/h3-4H,1-2H2,(H,14,17). The van der Waals surface area contributed by atoms with Gasteiger partial charge in [0.15, 0.2) is 5.16 Å². The average molecular weight is 349 g/mol. The number of rotatable bonds is 3. The second-order valence-corrected chi connectivity index (χ2v) is 5.96. The van der Waals surface area contributed by atoms with Crippen LogP contribution in [0.5, 0.6) is 0 Å². The van der Waals surface area contributed by atoms with E-state index in [1.807, 2.05) is 0 Å². The lowest BCUT2D eigenvalue weighted by Gasteiger charge is -2.04. The zero-order chi connectivity index (χ0) is 12.7. The predicted molar refractivity (Wildman–Crippen MR) is 70.0 cm³/mol. The van der Waals surface area contributed by atoms with Crippen LogP contribution in [0.4, 0.5) is 0 Å². The number of nitrogens with one attached hydrogen (secondary N) is 1. The Labute approximate surface area is 119 Å². The van der Waals surface area contributed by atoms with E-state index in [0.29, 0.717) is 10.2 Å². The largest absolute Gasteiger partial charge is 0.344 e. The fourth-order valence-electron chi connectivity index (χ4n) is 1.51. The van der Waals surface area contributed by atoms with Gasteiger partial charge in [0.25, 0.3) is 0 Å². The molecule has 1 fully saturated rings. The molecule has 0 amide bonds. The number of hydrogen-bond acceptors (Lipinski definition) is 5. The summed E-state index contributed by atoms with van der Waals surface area (Å²) in [6.07, 6.45) is 3.60. The number of hydrogen-bond donors (Lipinski definition) is 1. The highest BCUT2D eigenvalue weighted by atomic mass is 79.9. The highest BCUT2D eigenvalue weighted by molar-refractivity contribution is 9.10. The van der Waals surface area contributed by atoms with E-state index in [1.165, 1.54) is 11.8 Å². The Kier molecular flexibility index (Phi) is 3.16. The van der Waals surface area contributed by atoms with Crippen LogP contribution in [-0.2, 0) is 0 Å². The smallest absolute Gasteiger partial charge is 0.267 e. The summed E-state index contributed by atoms with van der Waals surface area (Å²) in [7, 11) is 0. The Hall–Kier alpha value is -0.860. The fourth-order valence-corrected chi connectivity index (χ4v) is 3.00. The first-order valence-electron chi connectivity index (χ1n) is 5.18. The number of aromatic nitrogens is 5. The molecule has 0 atom stereocenters. The third-order valence-electron chi connectivity index (χ3n) is 2.45. The van der Waals surface area contributed by atoms with E-state index in [-0.39, 0.29) is 17.0 Å². The van der Waals surface area contributed by atoms with E-state index in [9.17, 15) is 4.79 Å². The average Bonchev–Trinajstić information content (AvgIpc) is 3.10. The number of nitrogens with zero attached hydrogens (tertiary/aromatic N) is 4. The van der Waals surface area contributed by atoms with Gasteiger partial charge in [0.2, 0.25) is 5.28 Å². The number of halogens is 2. The van der Waals surface area contributed by atoms with Crippen LogP contribution in [-0.4, -0.2) is 24.7 Å². The van der Waals surface area contributed by atoms with Gasteiger partial charge in [0.05, 0.1) is 4.47 Å². The topological polar surface area (TPSA) is 76.5 Å². The van der Waals surface area contributed by atoms with E-state index < -0.39 is 0 Å². The van der Waals surface area contributed by atoms with Crippen LogP contribution in [0, 0.1) is 0 Å². The molecule has 1 N–H and O–H groups in total. The van der Waals surface area contributed by atoms with Gasteiger partial charge >= 0.3 is 5.69 Å². The molecule has 0 bridgehead atoms. The first-order valence-corrected chi connectivity index (χ1v) is 7.16. The SMILES string of the molecule is O=c1[nH]nc(Sc2nc(Cl)ncc2Br)n1C1CC1. The molecule has 0 aliphatic heterocycles. The van der Waals surface area contributed by atoms with Crippen molar-refractivity contribution in [1.82, 2.24) is 24.7 Å². The van der Waals surface area contributed by atoms with Crippen LogP contribution < -0.4 is 5.69 Å². The van der Waals surface area contributed by atoms with E-state index in [1.54, 1.807) is 10.8 Å². The molecular formula is C9H7BrClN5OS. The summed E-state index contributed by atoms with van der Waals surface area (Å²) in [6, 6.07) is 0.259. The first-order chi connectivity index (χ1) is 8.65. The molecule has 0 spiro atoms. The molecule has 0 saturated heterocycles. The van der Waals surface area contributed by atoms with E-state index in [2.05, 4.69) is 36.1 Å². The molecule has 0 aromatic carbocycles. The maximum Gasteiger partial charge on any atom is 0.344 e. The van der Waals surface area contributed by atoms with Crippen molar-refractivity contribution in [3.63, 3.8) is 0 Å². The molecule has 94 valence electrons. The zero-order valence-electron chi connectivity index (χ0n) is 8.93. The third-order valence-corrected chi connectivity index (χ3v) is 4.45. The van der Waals surface area contributed by atoms with Gasteiger partial charge in [-0.3, -0.25) is 4.57 Å². The second kappa shape index (κ2) is 4.67.